The number of nitrogens with two attached hydrogens (primary N) is 1. The van der Waals surface area contributed by atoms with E-state index in [1.807, 2.05) is 19.9 Å². The number of hydrogen-bond donors (Lipinski definition) is 2. The summed E-state index contributed by atoms with van der Waals surface area (Å²) in [6.45, 7) is 4.38. The van der Waals surface area contributed by atoms with Crippen LogP contribution in [0, 0.1) is 6.92 Å². The van der Waals surface area contributed by atoms with E-state index in [4.69, 9.17) is 10.5 Å². The Morgan fingerprint density at radius 3 is 2.76 bits per heavy atom. The molecule has 0 radical (unpaired) electrons. The topological polar surface area (TPSA) is 64.3 Å². The Morgan fingerprint density at radius 1 is 1.53 bits per heavy atom. The molecule has 0 spiro atoms. The van der Waals surface area contributed by atoms with Crippen LogP contribution in [0.2, 0.25) is 0 Å². The first-order valence-corrected chi connectivity index (χ1v) is 5.78. The summed E-state index contributed by atoms with van der Waals surface area (Å²) < 4.78 is 5.19. The summed E-state index contributed by atoms with van der Waals surface area (Å²) in [5, 5.41) is 2.88. The van der Waals surface area contributed by atoms with Crippen molar-refractivity contribution < 1.29 is 9.53 Å². The van der Waals surface area contributed by atoms with Crippen molar-refractivity contribution in [1.82, 2.24) is 5.32 Å². The molecule has 0 aromatic heterocycles. The molecule has 94 valence electrons. The van der Waals surface area contributed by atoms with E-state index in [9.17, 15) is 4.79 Å². The molecule has 4 nitrogen and oxygen atoms in total. The summed E-state index contributed by atoms with van der Waals surface area (Å²) in [5.74, 6) is 0.610. The Kier molecular flexibility index (Phi) is 4.97. The van der Waals surface area contributed by atoms with Crippen LogP contribution in [0.15, 0.2) is 18.2 Å². The Bertz CT molecular complexity index is 387. The lowest BCUT2D eigenvalue weighted by Gasteiger charge is -2.15. The standard InChI is InChI=1S/C13H20N2O2/c1-4-11(8-14)15-13(16)10-6-5-9(2)12(7-10)17-3/h5-7,11H,4,8,14H2,1-3H3,(H,15,16). The number of amides is 1. The van der Waals surface area contributed by atoms with Gasteiger partial charge in [0.25, 0.3) is 5.91 Å². The number of carbonyl (C=O) groups is 1. The van der Waals surface area contributed by atoms with Gasteiger partial charge in [-0.25, -0.2) is 0 Å². The van der Waals surface area contributed by atoms with Crippen LogP contribution in [0.4, 0.5) is 0 Å². The van der Waals surface area contributed by atoms with E-state index in [0.29, 0.717) is 12.1 Å². The van der Waals surface area contributed by atoms with Crippen LogP contribution in [-0.4, -0.2) is 25.6 Å². The third kappa shape index (κ3) is 3.46. The minimum absolute atomic E-state index is 0.0230. The van der Waals surface area contributed by atoms with Crippen molar-refractivity contribution in [2.45, 2.75) is 26.3 Å². The Balaban J connectivity index is 2.82. The molecule has 0 aliphatic carbocycles. The maximum atomic E-state index is 11.9. The zero-order valence-electron chi connectivity index (χ0n) is 10.6. The van der Waals surface area contributed by atoms with Gasteiger partial charge in [0, 0.05) is 18.2 Å². The molecule has 1 amide bonds. The van der Waals surface area contributed by atoms with Gasteiger partial charge >= 0.3 is 0 Å². The first-order valence-electron chi connectivity index (χ1n) is 5.78. The van der Waals surface area contributed by atoms with E-state index in [0.717, 1.165) is 17.7 Å². The molecule has 4 heteroatoms. The SMILES string of the molecule is CCC(CN)NC(=O)c1ccc(C)c(OC)c1. The molecular formula is C13H20N2O2. The van der Waals surface area contributed by atoms with Gasteiger partial charge in [0.05, 0.1) is 7.11 Å². The van der Waals surface area contributed by atoms with E-state index < -0.39 is 0 Å². The van der Waals surface area contributed by atoms with Crippen LogP contribution in [0.1, 0.15) is 29.3 Å². The summed E-state index contributed by atoms with van der Waals surface area (Å²) in [5.41, 5.74) is 7.16. The quantitative estimate of drug-likeness (QED) is 0.813. The molecule has 1 aromatic rings. The average molecular weight is 236 g/mol. The number of ether oxygens (including phenoxy) is 1. The second-order valence-electron chi connectivity index (χ2n) is 4.00. The van der Waals surface area contributed by atoms with Crippen molar-refractivity contribution >= 4 is 5.91 Å². The normalized spacial score (nSPS) is 12.0. The predicted octanol–water partition coefficient (Wildman–Crippen LogP) is 1.47. The first-order chi connectivity index (χ1) is 8.12. The highest BCUT2D eigenvalue weighted by Gasteiger charge is 2.12. The Hall–Kier alpha value is -1.55. The minimum Gasteiger partial charge on any atom is -0.496 e. The lowest BCUT2D eigenvalue weighted by atomic mass is 10.1. The number of nitrogens with one attached hydrogen (secondary N) is 1. The van der Waals surface area contributed by atoms with E-state index in [1.165, 1.54) is 0 Å². The van der Waals surface area contributed by atoms with Crippen molar-refractivity contribution in [2.24, 2.45) is 5.73 Å². The fraction of sp³-hybridized carbons (Fsp3) is 0.462. The molecule has 0 heterocycles. The van der Waals surface area contributed by atoms with Crippen LogP contribution in [0.3, 0.4) is 0 Å². The Morgan fingerprint density at radius 2 is 2.24 bits per heavy atom. The zero-order valence-corrected chi connectivity index (χ0v) is 10.6. The van der Waals surface area contributed by atoms with Crippen molar-refractivity contribution in [3.63, 3.8) is 0 Å². The largest absolute Gasteiger partial charge is 0.496 e. The van der Waals surface area contributed by atoms with Crippen LogP contribution < -0.4 is 15.8 Å². The highest BCUT2D eigenvalue weighted by molar-refractivity contribution is 5.94. The number of carbonyl (C=O) groups excluding carboxylic acids is 1. The fourth-order valence-electron chi connectivity index (χ4n) is 1.56. The van der Waals surface area contributed by atoms with Crippen molar-refractivity contribution in [2.75, 3.05) is 13.7 Å². The van der Waals surface area contributed by atoms with Crippen LogP contribution in [-0.2, 0) is 0 Å². The van der Waals surface area contributed by atoms with Gasteiger partial charge < -0.3 is 15.8 Å². The molecule has 1 rings (SSSR count). The van der Waals surface area contributed by atoms with Gasteiger partial charge in [-0.15, -0.1) is 0 Å². The van der Waals surface area contributed by atoms with E-state index in [-0.39, 0.29) is 11.9 Å². The maximum Gasteiger partial charge on any atom is 0.251 e. The smallest absolute Gasteiger partial charge is 0.251 e. The molecule has 0 fully saturated rings. The van der Waals surface area contributed by atoms with Crippen molar-refractivity contribution in [3.05, 3.63) is 29.3 Å². The number of methoxy groups -OCH3 is 1. The highest BCUT2D eigenvalue weighted by atomic mass is 16.5. The van der Waals surface area contributed by atoms with Gasteiger partial charge in [-0.1, -0.05) is 13.0 Å². The van der Waals surface area contributed by atoms with E-state index in [1.54, 1.807) is 19.2 Å². The number of aryl methyl sites for hydroxylation is 1. The summed E-state index contributed by atoms with van der Waals surface area (Å²) in [4.78, 5) is 11.9. The molecule has 0 aliphatic heterocycles. The fourth-order valence-corrected chi connectivity index (χ4v) is 1.56. The second kappa shape index (κ2) is 6.25. The average Bonchev–Trinajstić information content (AvgIpc) is 2.36. The molecule has 0 aliphatic rings. The lowest BCUT2D eigenvalue weighted by molar-refractivity contribution is 0.0937. The van der Waals surface area contributed by atoms with Crippen molar-refractivity contribution in [3.8, 4) is 5.75 Å². The molecule has 17 heavy (non-hydrogen) atoms. The summed E-state index contributed by atoms with van der Waals surface area (Å²) in [6, 6.07) is 5.43. The number of rotatable bonds is 5. The van der Waals surface area contributed by atoms with Gasteiger partial charge in [-0.05, 0) is 31.0 Å². The lowest BCUT2D eigenvalue weighted by Crippen LogP contribution is -2.39. The molecule has 0 saturated heterocycles. The predicted molar refractivity (Wildman–Crippen MR) is 68.3 cm³/mol. The summed E-state index contributed by atoms with van der Waals surface area (Å²) in [7, 11) is 1.60. The Labute approximate surface area is 102 Å². The minimum atomic E-state index is -0.111. The van der Waals surface area contributed by atoms with Gasteiger partial charge in [0.2, 0.25) is 0 Å². The van der Waals surface area contributed by atoms with Gasteiger partial charge in [-0.3, -0.25) is 4.79 Å². The summed E-state index contributed by atoms with van der Waals surface area (Å²) >= 11 is 0. The van der Waals surface area contributed by atoms with Gasteiger partial charge in [0.1, 0.15) is 5.75 Å². The van der Waals surface area contributed by atoms with Crippen LogP contribution in [0.5, 0.6) is 5.75 Å². The third-order valence-electron chi connectivity index (χ3n) is 2.78. The van der Waals surface area contributed by atoms with E-state index in [2.05, 4.69) is 5.32 Å². The molecule has 1 unspecified atom stereocenters. The zero-order chi connectivity index (χ0) is 12.8. The second-order valence-corrected chi connectivity index (χ2v) is 4.00. The van der Waals surface area contributed by atoms with E-state index >= 15 is 0 Å². The molecule has 0 saturated carbocycles. The van der Waals surface area contributed by atoms with Crippen LogP contribution >= 0.6 is 0 Å². The third-order valence-corrected chi connectivity index (χ3v) is 2.78. The number of hydrogen-bond acceptors (Lipinski definition) is 3. The van der Waals surface area contributed by atoms with Crippen molar-refractivity contribution in [1.29, 1.82) is 0 Å². The maximum absolute atomic E-state index is 11.9. The van der Waals surface area contributed by atoms with Gasteiger partial charge in [-0.2, -0.15) is 0 Å². The number of benzene rings is 1. The molecule has 1 atom stereocenters. The summed E-state index contributed by atoms with van der Waals surface area (Å²) in [6.07, 6.45) is 0.825. The molecule has 0 bridgehead atoms. The monoisotopic (exact) mass is 236 g/mol. The van der Waals surface area contributed by atoms with Crippen LogP contribution in [0.25, 0.3) is 0 Å². The van der Waals surface area contributed by atoms with Gasteiger partial charge in [0.15, 0.2) is 0 Å². The highest BCUT2D eigenvalue weighted by Crippen LogP contribution is 2.18. The molecule has 1 aromatic carbocycles. The molecular weight excluding hydrogens is 216 g/mol. The molecule has 3 N–H and O–H groups in total. The first kappa shape index (κ1) is 13.5.